The van der Waals surface area contributed by atoms with Crippen molar-refractivity contribution in [2.45, 2.75) is 13.8 Å². The van der Waals surface area contributed by atoms with E-state index in [1.165, 1.54) is 0 Å². The molecule has 5 rings (SSSR count). The Morgan fingerprint density at radius 2 is 1.38 bits per heavy atom. The Labute approximate surface area is 150 Å². The van der Waals surface area contributed by atoms with Crippen molar-refractivity contribution in [3.8, 4) is 22.5 Å². The summed E-state index contributed by atoms with van der Waals surface area (Å²) in [7, 11) is 0. The highest BCUT2D eigenvalue weighted by atomic mass is 14.9. The number of aryl methyl sites for hydroxylation is 2. The Morgan fingerprint density at radius 1 is 0.692 bits per heavy atom. The normalized spacial score (nSPS) is 11.5. The first-order chi connectivity index (χ1) is 12.7. The summed E-state index contributed by atoms with van der Waals surface area (Å²) >= 11 is 0. The molecule has 26 heavy (non-hydrogen) atoms. The number of nitrogens with one attached hydrogen (secondary N) is 2. The molecule has 0 aliphatic rings. The molecule has 5 heteroatoms. The molecule has 0 saturated heterocycles. The molecule has 0 unspecified atom stereocenters. The van der Waals surface area contributed by atoms with Crippen LogP contribution in [0.4, 0.5) is 0 Å². The summed E-state index contributed by atoms with van der Waals surface area (Å²) in [6, 6.07) is 14.7. The van der Waals surface area contributed by atoms with E-state index in [4.69, 9.17) is 4.98 Å². The maximum absolute atomic E-state index is 4.70. The Bertz CT molecular complexity index is 1260. The molecule has 0 spiro atoms. The van der Waals surface area contributed by atoms with Gasteiger partial charge in [0.2, 0.25) is 0 Å². The SMILES string of the molecule is Cc1cncc(-c2nc3ccc(-c4ccc5nc(C)[nH]c5c4)cc3[nH]2)c1. The number of aromatic amines is 2. The van der Waals surface area contributed by atoms with Crippen LogP contribution in [0.15, 0.2) is 54.9 Å². The molecule has 2 aromatic carbocycles. The van der Waals surface area contributed by atoms with Crippen LogP contribution in [0.1, 0.15) is 11.4 Å². The van der Waals surface area contributed by atoms with E-state index in [-0.39, 0.29) is 0 Å². The summed E-state index contributed by atoms with van der Waals surface area (Å²) in [5.41, 5.74) is 8.41. The lowest BCUT2D eigenvalue weighted by atomic mass is 10.0. The highest BCUT2D eigenvalue weighted by molar-refractivity contribution is 5.87. The lowest BCUT2D eigenvalue weighted by Gasteiger charge is -2.01. The van der Waals surface area contributed by atoms with Gasteiger partial charge in [-0.3, -0.25) is 4.98 Å². The summed E-state index contributed by atoms with van der Waals surface area (Å²) < 4.78 is 0. The van der Waals surface area contributed by atoms with Crippen molar-refractivity contribution in [3.63, 3.8) is 0 Å². The largest absolute Gasteiger partial charge is 0.342 e. The number of fused-ring (bicyclic) bond motifs is 2. The number of H-pyrrole nitrogens is 2. The number of aromatic nitrogens is 5. The molecule has 0 bridgehead atoms. The highest BCUT2D eigenvalue weighted by Gasteiger charge is 2.08. The molecule has 0 amide bonds. The molecule has 5 aromatic rings. The molecule has 0 radical (unpaired) electrons. The van der Waals surface area contributed by atoms with Crippen LogP contribution in [0, 0.1) is 13.8 Å². The van der Waals surface area contributed by atoms with Crippen molar-refractivity contribution in [2.24, 2.45) is 0 Å². The second kappa shape index (κ2) is 5.52. The summed E-state index contributed by atoms with van der Waals surface area (Å²) in [6.07, 6.45) is 3.68. The van der Waals surface area contributed by atoms with Gasteiger partial charge < -0.3 is 9.97 Å². The van der Waals surface area contributed by atoms with Crippen LogP contribution >= 0.6 is 0 Å². The Hall–Kier alpha value is -3.47. The molecule has 3 heterocycles. The molecule has 0 aliphatic heterocycles. The van der Waals surface area contributed by atoms with Crippen LogP contribution in [-0.2, 0) is 0 Å². The second-order valence-corrected chi connectivity index (χ2v) is 6.62. The van der Waals surface area contributed by atoms with Crippen LogP contribution in [0.2, 0.25) is 0 Å². The van der Waals surface area contributed by atoms with E-state index in [2.05, 4.69) is 62.4 Å². The van der Waals surface area contributed by atoms with Crippen molar-refractivity contribution in [1.29, 1.82) is 0 Å². The fourth-order valence-corrected chi connectivity index (χ4v) is 3.33. The zero-order chi connectivity index (χ0) is 17.7. The van der Waals surface area contributed by atoms with Gasteiger partial charge in [-0.25, -0.2) is 9.97 Å². The van der Waals surface area contributed by atoms with Crippen LogP contribution in [0.3, 0.4) is 0 Å². The smallest absolute Gasteiger partial charge is 0.140 e. The third-order valence-corrected chi connectivity index (χ3v) is 4.56. The molecule has 3 aromatic heterocycles. The molecule has 126 valence electrons. The van der Waals surface area contributed by atoms with E-state index in [1.54, 1.807) is 0 Å². The lowest BCUT2D eigenvalue weighted by molar-refractivity contribution is 1.17. The van der Waals surface area contributed by atoms with E-state index in [1.807, 2.05) is 26.2 Å². The van der Waals surface area contributed by atoms with Gasteiger partial charge in [0.05, 0.1) is 22.1 Å². The maximum atomic E-state index is 4.70. The standard InChI is InChI=1S/C21H17N5/c1-12-7-16(11-22-10-12)21-25-18-6-4-15(9-20(18)26-21)14-3-5-17-19(8-14)24-13(2)23-17/h3-11H,1-2H3,(H,23,24)(H,25,26). The predicted molar refractivity (Wildman–Crippen MR) is 104 cm³/mol. The fraction of sp³-hybridized carbons (Fsp3) is 0.0952. The Balaban J connectivity index is 1.60. The molecule has 0 aliphatic carbocycles. The van der Waals surface area contributed by atoms with Gasteiger partial charge in [0.15, 0.2) is 0 Å². The van der Waals surface area contributed by atoms with E-state index in [9.17, 15) is 0 Å². The first kappa shape index (κ1) is 14.8. The van der Waals surface area contributed by atoms with Crippen LogP contribution in [0.25, 0.3) is 44.6 Å². The summed E-state index contributed by atoms with van der Waals surface area (Å²) in [5, 5.41) is 0. The summed E-state index contributed by atoms with van der Waals surface area (Å²) in [5.74, 6) is 1.77. The summed E-state index contributed by atoms with van der Waals surface area (Å²) in [6.45, 7) is 4.00. The zero-order valence-electron chi connectivity index (χ0n) is 14.5. The fourth-order valence-electron chi connectivity index (χ4n) is 3.33. The minimum absolute atomic E-state index is 0.841. The van der Waals surface area contributed by atoms with Gasteiger partial charge in [-0.2, -0.15) is 0 Å². The van der Waals surface area contributed by atoms with Crippen molar-refractivity contribution >= 4 is 22.1 Å². The van der Waals surface area contributed by atoms with E-state index < -0.39 is 0 Å². The second-order valence-electron chi connectivity index (χ2n) is 6.62. The molecule has 0 atom stereocenters. The molecule has 0 fully saturated rings. The minimum atomic E-state index is 0.841. The van der Waals surface area contributed by atoms with Crippen LogP contribution < -0.4 is 0 Å². The highest BCUT2D eigenvalue weighted by Crippen LogP contribution is 2.28. The molecule has 0 saturated carbocycles. The van der Waals surface area contributed by atoms with Gasteiger partial charge in [-0.1, -0.05) is 12.1 Å². The third-order valence-electron chi connectivity index (χ3n) is 4.56. The lowest BCUT2D eigenvalue weighted by Crippen LogP contribution is -1.83. The number of hydrogen-bond donors (Lipinski definition) is 2. The van der Waals surface area contributed by atoms with E-state index in [0.717, 1.165) is 56.0 Å². The number of pyridine rings is 1. The van der Waals surface area contributed by atoms with Gasteiger partial charge in [-0.05, 0) is 60.9 Å². The number of benzene rings is 2. The summed E-state index contributed by atoms with van der Waals surface area (Å²) in [4.78, 5) is 20.1. The Morgan fingerprint density at radius 3 is 2.12 bits per heavy atom. The molecule has 2 N–H and O–H groups in total. The van der Waals surface area contributed by atoms with Crippen molar-refractivity contribution < 1.29 is 0 Å². The Kier molecular flexibility index (Phi) is 3.15. The predicted octanol–water partition coefficient (Wildman–Crippen LogP) is 4.79. The van der Waals surface area contributed by atoms with Gasteiger partial charge in [0.1, 0.15) is 11.6 Å². The first-order valence-electron chi connectivity index (χ1n) is 8.54. The average molecular weight is 339 g/mol. The zero-order valence-corrected chi connectivity index (χ0v) is 14.5. The van der Waals surface area contributed by atoms with Gasteiger partial charge in [0, 0.05) is 18.0 Å². The number of hydrogen-bond acceptors (Lipinski definition) is 3. The van der Waals surface area contributed by atoms with Crippen molar-refractivity contribution in [1.82, 2.24) is 24.9 Å². The maximum Gasteiger partial charge on any atom is 0.140 e. The quantitative estimate of drug-likeness (QED) is 0.486. The average Bonchev–Trinajstić information content (AvgIpc) is 3.22. The molecular weight excluding hydrogens is 322 g/mol. The minimum Gasteiger partial charge on any atom is -0.342 e. The number of imidazole rings is 2. The monoisotopic (exact) mass is 339 g/mol. The van der Waals surface area contributed by atoms with Crippen molar-refractivity contribution in [3.05, 3.63) is 66.2 Å². The first-order valence-corrected chi connectivity index (χ1v) is 8.54. The van der Waals surface area contributed by atoms with E-state index >= 15 is 0 Å². The van der Waals surface area contributed by atoms with Gasteiger partial charge in [-0.15, -0.1) is 0 Å². The molecular formula is C21H17N5. The van der Waals surface area contributed by atoms with E-state index in [0.29, 0.717) is 0 Å². The third kappa shape index (κ3) is 2.45. The van der Waals surface area contributed by atoms with Crippen LogP contribution in [0.5, 0.6) is 0 Å². The van der Waals surface area contributed by atoms with Gasteiger partial charge in [0.25, 0.3) is 0 Å². The van der Waals surface area contributed by atoms with Crippen molar-refractivity contribution in [2.75, 3.05) is 0 Å². The van der Waals surface area contributed by atoms with Gasteiger partial charge >= 0.3 is 0 Å². The number of rotatable bonds is 2. The number of nitrogens with zero attached hydrogens (tertiary/aromatic N) is 3. The molecule has 5 nitrogen and oxygen atoms in total. The topological polar surface area (TPSA) is 70.2 Å². The van der Waals surface area contributed by atoms with Crippen LogP contribution in [-0.4, -0.2) is 24.9 Å².